The predicted octanol–water partition coefficient (Wildman–Crippen LogP) is 3.90. The topological polar surface area (TPSA) is 106 Å². The molecule has 0 saturated carbocycles. The molecule has 0 aliphatic rings. The zero-order valence-corrected chi connectivity index (χ0v) is 14.2. The van der Waals surface area contributed by atoms with Crippen LogP contribution >= 0.6 is 11.8 Å². The summed E-state index contributed by atoms with van der Waals surface area (Å²) in [6.45, 7) is 2.99. The summed E-state index contributed by atoms with van der Waals surface area (Å²) in [5.74, 6) is -0.492. The van der Waals surface area contributed by atoms with Crippen LogP contribution in [0.2, 0.25) is 0 Å². The number of nitro groups is 1. The van der Waals surface area contributed by atoms with Gasteiger partial charge in [-0.05, 0) is 30.7 Å². The molecular formula is C17H13N3O4S. The Kier molecular flexibility index (Phi) is 5.87. The van der Waals surface area contributed by atoms with E-state index in [0.29, 0.717) is 10.6 Å². The summed E-state index contributed by atoms with van der Waals surface area (Å²) in [6, 6.07) is 13.4. The molecule has 8 heteroatoms. The van der Waals surface area contributed by atoms with Crippen LogP contribution < -0.4 is 0 Å². The molecule has 25 heavy (non-hydrogen) atoms. The van der Waals surface area contributed by atoms with Gasteiger partial charge in [-0.1, -0.05) is 29.1 Å². The van der Waals surface area contributed by atoms with Crippen LogP contribution in [0.4, 0.5) is 5.69 Å². The molecule has 0 amide bonds. The van der Waals surface area contributed by atoms with Gasteiger partial charge in [-0.15, -0.1) is 0 Å². The number of nitrogens with zero attached hydrogens (tertiary/aromatic N) is 3. The van der Waals surface area contributed by atoms with Crippen LogP contribution in [0.25, 0.3) is 0 Å². The van der Waals surface area contributed by atoms with E-state index in [-0.39, 0.29) is 11.3 Å². The van der Waals surface area contributed by atoms with Gasteiger partial charge in [0.15, 0.2) is 0 Å². The van der Waals surface area contributed by atoms with Crippen molar-refractivity contribution in [3.63, 3.8) is 0 Å². The highest BCUT2D eigenvalue weighted by Gasteiger charge is 2.12. The predicted molar refractivity (Wildman–Crippen MR) is 92.4 cm³/mol. The van der Waals surface area contributed by atoms with Gasteiger partial charge in [0.05, 0.1) is 16.2 Å². The van der Waals surface area contributed by atoms with Crippen molar-refractivity contribution in [1.82, 2.24) is 0 Å². The lowest BCUT2D eigenvalue weighted by Crippen LogP contribution is -1.99. The summed E-state index contributed by atoms with van der Waals surface area (Å²) in [6.07, 6.45) is 0. The smallest absolute Gasteiger partial charge is 0.318 e. The Morgan fingerprint density at radius 3 is 2.48 bits per heavy atom. The average molecular weight is 355 g/mol. The van der Waals surface area contributed by atoms with Gasteiger partial charge in [0.25, 0.3) is 5.69 Å². The van der Waals surface area contributed by atoms with Crippen LogP contribution in [-0.2, 0) is 9.63 Å². The third kappa shape index (κ3) is 4.89. The molecular weight excluding hydrogens is 342 g/mol. The number of carbonyl (C=O) groups is 1. The average Bonchev–Trinajstić information content (AvgIpc) is 2.60. The van der Waals surface area contributed by atoms with E-state index in [1.807, 2.05) is 30.3 Å². The first-order chi connectivity index (χ1) is 11.9. The Balaban J connectivity index is 2.19. The van der Waals surface area contributed by atoms with Gasteiger partial charge in [-0.3, -0.25) is 10.1 Å². The molecule has 126 valence electrons. The van der Waals surface area contributed by atoms with Crippen molar-refractivity contribution in [1.29, 1.82) is 5.26 Å². The van der Waals surface area contributed by atoms with Crippen molar-refractivity contribution in [2.24, 2.45) is 5.16 Å². The molecule has 0 radical (unpaired) electrons. The lowest BCUT2D eigenvalue weighted by atomic mass is 10.1. The van der Waals surface area contributed by atoms with E-state index in [4.69, 9.17) is 0 Å². The molecule has 0 aliphatic carbocycles. The minimum absolute atomic E-state index is 0.117. The van der Waals surface area contributed by atoms with Crippen molar-refractivity contribution in [2.75, 3.05) is 0 Å². The Hall–Kier alpha value is -3.18. The molecule has 0 spiro atoms. The molecule has 0 heterocycles. The summed E-state index contributed by atoms with van der Waals surface area (Å²) in [5.41, 5.74) is 1.47. The molecule has 2 rings (SSSR count). The van der Waals surface area contributed by atoms with Crippen LogP contribution in [0.5, 0.6) is 0 Å². The van der Waals surface area contributed by atoms with Gasteiger partial charge >= 0.3 is 5.97 Å². The first-order valence-electron chi connectivity index (χ1n) is 7.09. The van der Waals surface area contributed by atoms with E-state index in [2.05, 4.69) is 9.99 Å². The third-order valence-electron chi connectivity index (χ3n) is 3.11. The fourth-order valence-corrected chi connectivity index (χ4v) is 2.76. The molecule has 0 N–H and O–H groups in total. The zero-order chi connectivity index (χ0) is 18.4. The molecule has 0 fully saturated rings. The number of hydrogen-bond acceptors (Lipinski definition) is 7. The van der Waals surface area contributed by atoms with Crippen LogP contribution in [0.15, 0.2) is 57.4 Å². The minimum Gasteiger partial charge on any atom is -0.318 e. The third-order valence-corrected chi connectivity index (χ3v) is 4.19. The van der Waals surface area contributed by atoms with Crippen molar-refractivity contribution in [3.05, 3.63) is 63.7 Å². The Labute approximate surface area is 148 Å². The number of oxime groups is 1. The van der Waals surface area contributed by atoms with Gasteiger partial charge in [-0.25, -0.2) is 4.79 Å². The molecule has 0 unspecified atom stereocenters. The van der Waals surface area contributed by atoms with Gasteiger partial charge in [-0.2, -0.15) is 5.26 Å². The lowest BCUT2D eigenvalue weighted by Gasteiger charge is -2.05. The molecule has 2 aromatic carbocycles. The van der Waals surface area contributed by atoms with Crippen LogP contribution in [0.1, 0.15) is 25.0 Å². The van der Waals surface area contributed by atoms with Crippen molar-refractivity contribution in [2.45, 2.75) is 23.6 Å². The maximum Gasteiger partial charge on any atom is 0.331 e. The minimum atomic E-state index is -0.532. The molecule has 0 bridgehead atoms. The van der Waals surface area contributed by atoms with Crippen molar-refractivity contribution >= 4 is 29.1 Å². The Bertz CT molecular complexity index is 886. The number of hydrogen-bond donors (Lipinski definition) is 0. The second-order valence-electron chi connectivity index (χ2n) is 4.94. The van der Waals surface area contributed by atoms with Crippen LogP contribution in [-0.4, -0.2) is 16.6 Å². The first-order valence-corrected chi connectivity index (χ1v) is 7.91. The summed E-state index contributed by atoms with van der Waals surface area (Å²) in [4.78, 5) is 27.1. The fourth-order valence-electron chi connectivity index (χ4n) is 1.88. The van der Waals surface area contributed by atoms with Crippen LogP contribution in [0, 0.1) is 21.4 Å². The summed E-state index contributed by atoms with van der Waals surface area (Å²) >= 11 is 1.33. The molecule has 2 aromatic rings. The molecule has 0 saturated heterocycles. The number of nitriles is 1. The maximum absolute atomic E-state index is 10.8. The Morgan fingerprint density at radius 1 is 1.24 bits per heavy atom. The SMILES string of the molecule is CC(=O)O/N=C(\C)c1ccc(Sc2ccc([N+](=O)[O-])cc2C#N)cc1. The van der Waals surface area contributed by atoms with E-state index in [9.17, 15) is 20.2 Å². The maximum atomic E-state index is 10.8. The highest BCUT2D eigenvalue weighted by Crippen LogP contribution is 2.32. The van der Waals surface area contributed by atoms with E-state index >= 15 is 0 Å². The second kappa shape index (κ2) is 8.08. The first kappa shape index (κ1) is 18.2. The number of non-ortho nitro benzene ring substituents is 1. The molecule has 0 aliphatic heterocycles. The highest BCUT2D eigenvalue weighted by atomic mass is 32.2. The quantitative estimate of drug-likeness (QED) is 0.348. The fraction of sp³-hybridized carbons (Fsp3) is 0.118. The van der Waals surface area contributed by atoms with Gasteiger partial charge in [0.1, 0.15) is 6.07 Å². The zero-order valence-electron chi connectivity index (χ0n) is 13.4. The van der Waals surface area contributed by atoms with Crippen LogP contribution in [0.3, 0.4) is 0 Å². The normalized spacial score (nSPS) is 10.8. The largest absolute Gasteiger partial charge is 0.331 e. The molecule has 0 atom stereocenters. The van der Waals surface area contributed by atoms with Gasteiger partial charge < -0.3 is 4.84 Å². The van der Waals surface area contributed by atoms with E-state index in [1.165, 1.54) is 30.8 Å². The molecule has 7 nitrogen and oxygen atoms in total. The number of nitro benzene ring substituents is 1. The standard InChI is InChI=1S/C17H13N3O4S/c1-11(19-24-12(2)21)13-3-6-16(7-4-13)25-17-8-5-15(20(22)23)9-14(17)10-18/h3-9H,1-2H3/b19-11+. The summed E-state index contributed by atoms with van der Waals surface area (Å²) in [7, 11) is 0. The monoisotopic (exact) mass is 355 g/mol. The summed E-state index contributed by atoms with van der Waals surface area (Å²) < 4.78 is 0. The van der Waals surface area contributed by atoms with E-state index < -0.39 is 10.9 Å². The number of benzene rings is 2. The number of carbonyl (C=O) groups excluding carboxylic acids is 1. The second-order valence-corrected chi connectivity index (χ2v) is 6.05. The highest BCUT2D eigenvalue weighted by molar-refractivity contribution is 7.99. The van der Waals surface area contributed by atoms with Gasteiger partial charge in [0.2, 0.25) is 0 Å². The Morgan fingerprint density at radius 2 is 1.92 bits per heavy atom. The summed E-state index contributed by atoms with van der Waals surface area (Å²) in [5, 5.41) is 23.7. The lowest BCUT2D eigenvalue weighted by molar-refractivity contribution is -0.384. The van der Waals surface area contributed by atoms with E-state index in [1.54, 1.807) is 13.0 Å². The molecule has 0 aromatic heterocycles. The number of rotatable bonds is 5. The van der Waals surface area contributed by atoms with Crippen molar-refractivity contribution < 1.29 is 14.6 Å². The van der Waals surface area contributed by atoms with Crippen molar-refractivity contribution in [3.8, 4) is 6.07 Å². The van der Waals surface area contributed by atoms with Gasteiger partial charge in [0, 0.05) is 28.8 Å². The van der Waals surface area contributed by atoms with E-state index in [0.717, 1.165) is 10.5 Å².